The van der Waals surface area contributed by atoms with Crippen LogP contribution in [0.1, 0.15) is 24.0 Å². The van der Waals surface area contributed by atoms with E-state index >= 15 is 0 Å². The molecule has 0 spiro atoms. The first-order chi connectivity index (χ1) is 19.7. The fraction of sp³-hybridized carbons (Fsp3) is 0.0556. The number of hydrogen-bond donors (Lipinski definition) is 1. The van der Waals surface area contributed by atoms with E-state index < -0.39 is 0 Å². The van der Waals surface area contributed by atoms with Crippen LogP contribution in [0.3, 0.4) is 0 Å². The molecule has 4 aromatic carbocycles. The number of anilines is 3. The second-order valence-corrected chi connectivity index (χ2v) is 9.69. The summed E-state index contributed by atoms with van der Waals surface area (Å²) in [6.45, 7) is 2.21. The fourth-order valence-electron chi connectivity index (χ4n) is 5.08. The summed E-state index contributed by atoms with van der Waals surface area (Å²) in [6, 6.07) is 46.6. The third-order valence-corrected chi connectivity index (χ3v) is 7.14. The van der Waals surface area contributed by atoms with Crippen molar-refractivity contribution in [2.75, 3.05) is 4.90 Å². The van der Waals surface area contributed by atoms with Crippen LogP contribution in [0, 0.1) is 0 Å². The second-order valence-electron chi connectivity index (χ2n) is 9.69. The first-order valence-electron chi connectivity index (χ1n) is 13.4. The molecule has 0 fully saturated rings. The van der Waals surface area contributed by atoms with E-state index in [-0.39, 0.29) is 11.7 Å². The van der Waals surface area contributed by atoms with E-state index in [0.717, 1.165) is 39.7 Å². The van der Waals surface area contributed by atoms with Crippen LogP contribution in [0.2, 0.25) is 0 Å². The summed E-state index contributed by atoms with van der Waals surface area (Å²) >= 11 is 0. The maximum absolute atomic E-state index is 10.6. The molecule has 0 bridgehead atoms. The Morgan fingerprint density at radius 1 is 0.650 bits per heavy atom. The molecule has 1 atom stereocenters. The Bertz CT molecular complexity index is 1680. The first kappa shape index (κ1) is 25.1. The van der Waals surface area contributed by atoms with Gasteiger partial charge in [-0.3, -0.25) is 4.90 Å². The van der Waals surface area contributed by atoms with Gasteiger partial charge in [0.15, 0.2) is 0 Å². The lowest BCUT2D eigenvalue weighted by Crippen LogP contribution is -2.11. The van der Waals surface area contributed by atoms with Crippen LogP contribution in [0.15, 0.2) is 146 Å². The van der Waals surface area contributed by atoms with Gasteiger partial charge in [-0.15, -0.1) is 0 Å². The molecule has 40 heavy (non-hydrogen) atoms. The second kappa shape index (κ2) is 11.3. The highest BCUT2D eigenvalue weighted by atomic mass is 16.3. The maximum Gasteiger partial charge on any atom is 0.137 e. The molecule has 0 aliphatic heterocycles. The number of para-hydroxylation sites is 2. The van der Waals surface area contributed by atoms with Gasteiger partial charge in [-0.2, -0.15) is 0 Å². The van der Waals surface area contributed by atoms with Crippen molar-refractivity contribution >= 4 is 17.2 Å². The molecular weight excluding hydrogens is 490 g/mol. The van der Waals surface area contributed by atoms with Gasteiger partial charge in [0.25, 0.3) is 0 Å². The monoisotopic (exact) mass is 519 g/mol. The molecule has 2 aromatic heterocycles. The van der Waals surface area contributed by atoms with Crippen LogP contribution in [0.5, 0.6) is 5.75 Å². The van der Waals surface area contributed by atoms with Crippen molar-refractivity contribution in [2.24, 2.45) is 0 Å². The number of phenols is 1. The summed E-state index contributed by atoms with van der Waals surface area (Å²) < 4.78 is 0. The third-order valence-electron chi connectivity index (χ3n) is 7.14. The Balaban J connectivity index is 1.53. The predicted molar refractivity (Wildman–Crippen MR) is 163 cm³/mol. The van der Waals surface area contributed by atoms with Gasteiger partial charge in [0.1, 0.15) is 11.6 Å². The molecule has 1 unspecified atom stereocenters. The summed E-state index contributed by atoms with van der Waals surface area (Å²) in [5.74, 6) is 1.16. The summed E-state index contributed by atoms with van der Waals surface area (Å²) in [6.07, 6.45) is 1.81. The molecule has 6 rings (SSSR count). The average molecular weight is 520 g/mol. The van der Waals surface area contributed by atoms with Crippen LogP contribution in [-0.4, -0.2) is 15.1 Å². The van der Waals surface area contributed by atoms with E-state index in [2.05, 4.69) is 83.5 Å². The van der Waals surface area contributed by atoms with Gasteiger partial charge < -0.3 is 5.11 Å². The van der Waals surface area contributed by atoms with Crippen LogP contribution < -0.4 is 4.90 Å². The van der Waals surface area contributed by atoms with Gasteiger partial charge in [0.2, 0.25) is 0 Å². The van der Waals surface area contributed by atoms with Gasteiger partial charge in [-0.1, -0.05) is 91.9 Å². The topological polar surface area (TPSA) is 49.3 Å². The van der Waals surface area contributed by atoms with E-state index in [4.69, 9.17) is 4.98 Å². The van der Waals surface area contributed by atoms with Gasteiger partial charge in [-0.05, 0) is 65.7 Å². The van der Waals surface area contributed by atoms with Gasteiger partial charge in [-0.25, -0.2) is 9.97 Å². The lowest BCUT2D eigenvalue weighted by Gasteiger charge is -2.25. The van der Waals surface area contributed by atoms with Crippen molar-refractivity contribution in [3.8, 4) is 28.3 Å². The van der Waals surface area contributed by atoms with Crippen molar-refractivity contribution in [3.63, 3.8) is 0 Å². The van der Waals surface area contributed by atoms with Gasteiger partial charge in [0.05, 0.1) is 11.4 Å². The molecule has 4 nitrogen and oxygen atoms in total. The Morgan fingerprint density at radius 2 is 1.35 bits per heavy atom. The van der Waals surface area contributed by atoms with Crippen molar-refractivity contribution in [1.29, 1.82) is 0 Å². The lowest BCUT2D eigenvalue weighted by atomic mass is 9.89. The molecular formula is C36H29N3O. The van der Waals surface area contributed by atoms with Crippen LogP contribution >= 0.6 is 0 Å². The predicted octanol–water partition coefficient (Wildman–Crippen LogP) is 9.14. The summed E-state index contributed by atoms with van der Waals surface area (Å²) in [7, 11) is 0. The minimum Gasteiger partial charge on any atom is -0.507 e. The molecule has 0 aliphatic rings. The number of aromatic hydroxyl groups is 1. The highest BCUT2D eigenvalue weighted by Gasteiger charge is 2.20. The quantitative estimate of drug-likeness (QED) is 0.228. The zero-order chi connectivity index (χ0) is 27.3. The number of benzene rings is 4. The van der Waals surface area contributed by atoms with Crippen molar-refractivity contribution < 1.29 is 5.11 Å². The van der Waals surface area contributed by atoms with Crippen LogP contribution in [-0.2, 0) is 0 Å². The van der Waals surface area contributed by atoms with Crippen molar-refractivity contribution in [1.82, 2.24) is 9.97 Å². The molecule has 0 radical (unpaired) electrons. The number of phenolic OH excluding ortho intramolecular Hbond substituents is 1. The molecule has 0 saturated heterocycles. The zero-order valence-corrected chi connectivity index (χ0v) is 22.2. The fourth-order valence-corrected chi connectivity index (χ4v) is 5.08. The summed E-state index contributed by atoms with van der Waals surface area (Å²) in [5.41, 5.74) is 7.65. The number of nitrogens with zero attached hydrogens (tertiary/aromatic N) is 3. The van der Waals surface area contributed by atoms with E-state index in [0.29, 0.717) is 5.56 Å². The number of rotatable bonds is 7. The number of pyridine rings is 2. The Labute approximate surface area is 234 Å². The van der Waals surface area contributed by atoms with Crippen LogP contribution in [0.4, 0.5) is 17.2 Å². The molecule has 2 heterocycles. The molecule has 4 heteroatoms. The summed E-state index contributed by atoms with van der Waals surface area (Å²) in [5, 5.41) is 10.6. The van der Waals surface area contributed by atoms with Gasteiger partial charge in [0, 0.05) is 34.6 Å². The first-order valence-corrected chi connectivity index (χ1v) is 13.4. The normalized spacial score (nSPS) is 11.6. The smallest absolute Gasteiger partial charge is 0.137 e. The molecule has 0 amide bonds. The number of hydrogen-bond acceptors (Lipinski definition) is 4. The zero-order valence-electron chi connectivity index (χ0n) is 22.2. The Hall–Kier alpha value is -5.22. The minimum atomic E-state index is 0.117. The highest BCUT2D eigenvalue weighted by Crippen LogP contribution is 2.39. The Morgan fingerprint density at radius 3 is 2.10 bits per heavy atom. The third kappa shape index (κ3) is 5.07. The maximum atomic E-state index is 10.6. The van der Waals surface area contributed by atoms with E-state index in [1.165, 1.54) is 5.56 Å². The highest BCUT2D eigenvalue weighted by molar-refractivity contribution is 5.79. The molecule has 0 saturated carbocycles. The van der Waals surface area contributed by atoms with E-state index in [1.54, 1.807) is 6.07 Å². The molecule has 194 valence electrons. The molecule has 1 N–H and O–H groups in total. The minimum absolute atomic E-state index is 0.117. The SMILES string of the molecule is CC(c1ccccc1)c1ccc(-c2ccccc2O)nc1-c1cccc(N(c2ccccc2)c2ccccn2)c1. The van der Waals surface area contributed by atoms with E-state index in [1.807, 2.05) is 72.9 Å². The average Bonchev–Trinajstić information content (AvgIpc) is 3.02. The molecule has 6 aromatic rings. The van der Waals surface area contributed by atoms with E-state index in [9.17, 15) is 5.11 Å². The van der Waals surface area contributed by atoms with Crippen LogP contribution in [0.25, 0.3) is 22.5 Å². The van der Waals surface area contributed by atoms with Gasteiger partial charge >= 0.3 is 0 Å². The van der Waals surface area contributed by atoms with Crippen molar-refractivity contribution in [2.45, 2.75) is 12.8 Å². The lowest BCUT2D eigenvalue weighted by molar-refractivity contribution is 0.477. The molecule has 0 aliphatic carbocycles. The summed E-state index contributed by atoms with van der Waals surface area (Å²) in [4.78, 5) is 12.0. The van der Waals surface area contributed by atoms with Crippen molar-refractivity contribution in [3.05, 3.63) is 157 Å². The Kier molecular flexibility index (Phi) is 7.06. The number of aromatic nitrogens is 2. The largest absolute Gasteiger partial charge is 0.507 e. The standard InChI is InChI=1S/C36H29N3O/c1-26(27-13-4-2-5-14-27)31-22-23-33(32-19-8-9-20-34(32)40)38-36(31)28-15-12-18-30(25-28)39(29-16-6-3-7-17-29)35-21-10-11-24-37-35/h2-26,40H,1H3.